The second-order valence-corrected chi connectivity index (χ2v) is 7.40. The van der Waals surface area contributed by atoms with Gasteiger partial charge in [0, 0.05) is 10.9 Å². The number of phenols is 3. The van der Waals surface area contributed by atoms with Crippen molar-refractivity contribution in [3.63, 3.8) is 0 Å². The summed E-state index contributed by atoms with van der Waals surface area (Å²) in [4.78, 5) is 36.6. The molecule has 5 aromatic rings. The molecule has 12 heteroatoms. The third kappa shape index (κ3) is 2.62. The standard InChI is InChI=1S/C22H12O12/c1-5-8(23)2-6(20(28)29)3-10(5)32-19-13-12-11-7(21(30)33-18(12)15(26)16(19)27)4-9(24)14(25)17(11)34-22(13)31/h2-4,23-24,27,30-31H,1H3,(H,28,29). The number of ether oxygens (including phenoxy) is 1. The topological polar surface area (TPSA) is 208 Å². The van der Waals surface area contributed by atoms with Gasteiger partial charge >= 0.3 is 5.97 Å². The normalized spacial score (nSPS) is 11.6. The van der Waals surface area contributed by atoms with Crippen molar-refractivity contribution in [2.75, 3.05) is 0 Å². The summed E-state index contributed by atoms with van der Waals surface area (Å²) in [5, 5.41) is 59.4. The van der Waals surface area contributed by atoms with E-state index in [2.05, 4.69) is 0 Å². The fourth-order valence-electron chi connectivity index (χ4n) is 3.76. The summed E-state index contributed by atoms with van der Waals surface area (Å²) in [5.41, 5.74) is -3.89. The highest BCUT2D eigenvalue weighted by Gasteiger charge is 2.30. The van der Waals surface area contributed by atoms with Crippen LogP contribution in [0.4, 0.5) is 0 Å². The van der Waals surface area contributed by atoms with Gasteiger partial charge in [0.15, 0.2) is 22.7 Å². The van der Waals surface area contributed by atoms with Crippen molar-refractivity contribution in [1.82, 2.24) is 0 Å². The molecule has 0 aliphatic carbocycles. The van der Waals surface area contributed by atoms with E-state index in [0.29, 0.717) is 0 Å². The van der Waals surface area contributed by atoms with Gasteiger partial charge in [-0.2, -0.15) is 0 Å². The van der Waals surface area contributed by atoms with Gasteiger partial charge in [0.05, 0.1) is 16.3 Å². The lowest BCUT2D eigenvalue weighted by Gasteiger charge is -2.16. The number of aromatic carboxylic acids is 1. The number of carboxylic acids is 1. The van der Waals surface area contributed by atoms with Crippen LogP contribution in [0.3, 0.4) is 0 Å². The van der Waals surface area contributed by atoms with Crippen molar-refractivity contribution in [3.8, 4) is 40.6 Å². The molecular weight excluding hydrogens is 456 g/mol. The highest BCUT2D eigenvalue weighted by molar-refractivity contribution is 6.23. The van der Waals surface area contributed by atoms with Crippen LogP contribution in [-0.4, -0.2) is 36.6 Å². The van der Waals surface area contributed by atoms with E-state index in [4.69, 9.17) is 13.6 Å². The van der Waals surface area contributed by atoms with Crippen LogP contribution >= 0.6 is 0 Å². The molecule has 0 bridgehead atoms. The smallest absolute Gasteiger partial charge is 0.335 e. The van der Waals surface area contributed by atoms with Gasteiger partial charge < -0.3 is 44.2 Å². The van der Waals surface area contributed by atoms with Gasteiger partial charge in [-0.25, -0.2) is 4.79 Å². The molecule has 2 heterocycles. The average Bonchev–Trinajstić information content (AvgIpc) is 2.78. The minimum absolute atomic E-state index is 0.0353. The molecule has 0 radical (unpaired) electrons. The predicted octanol–water partition coefficient (Wildman–Crippen LogP) is 2.82. The van der Waals surface area contributed by atoms with Crippen LogP contribution in [0.5, 0.6) is 40.6 Å². The number of hydrogen-bond donors (Lipinski definition) is 6. The summed E-state index contributed by atoms with van der Waals surface area (Å²) in [6, 6.07) is 2.84. The largest absolute Gasteiger partial charge is 0.508 e. The third-order valence-electron chi connectivity index (χ3n) is 5.44. The number of benzene rings is 3. The predicted molar refractivity (Wildman–Crippen MR) is 114 cm³/mol. The molecule has 3 aromatic carbocycles. The monoisotopic (exact) mass is 468 g/mol. The molecule has 0 unspecified atom stereocenters. The lowest BCUT2D eigenvalue weighted by molar-refractivity contribution is 0.0696. The molecule has 2 aromatic heterocycles. The Labute approximate surface area is 185 Å². The molecule has 0 spiro atoms. The van der Waals surface area contributed by atoms with Gasteiger partial charge in [-0.05, 0) is 25.1 Å². The van der Waals surface area contributed by atoms with Crippen LogP contribution in [0.1, 0.15) is 15.9 Å². The van der Waals surface area contributed by atoms with E-state index in [0.717, 1.165) is 18.2 Å². The van der Waals surface area contributed by atoms with Crippen LogP contribution in [0.15, 0.2) is 36.6 Å². The lowest BCUT2D eigenvalue weighted by atomic mass is 10.0. The van der Waals surface area contributed by atoms with Gasteiger partial charge in [0.2, 0.25) is 5.75 Å². The van der Waals surface area contributed by atoms with E-state index in [1.807, 2.05) is 0 Å². The van der Waals surface area contributed by atoms with E-state index in [-0.39, 0.29) is 33.0 Å². The second-order valence-electron chi connectivity index (χ2n) is 7.40. The van der Waals surface area contributed by atoms with Gasteiger partial charge in [-0.15, -0.1) is 0 Å². The minimum atomic E-state index is -1.40. The maximum Gasteiger partial charge on any atom is 0.335 e. The van der Waals surface area contributed by atoms with Crippen molar-refractivity contribution in [2.24, 2.45) is 0 Å². The Morgan fingerprint density at radius 1 is 0.824 bits per heavy atom. The Balaban J connectivity index is 1.96. The Bertz CT molecular complexity index is 1810. The SMILES string of the molecule is Cc1c(O)cc(C(=O)O)cc1Oc1c(O)c(=O)c2oc(O)c3cc(O)c(=O)c4oc(O)c1c2c34. The molecule has 0 atom stereocenters. The number of carboxylic acid groups (broad SMARTS) is 1. The molecule has 0 fully saturated rings. The zero-order valence-corrected chi connectivity index (χ0v) is 16.9. The summed E-state index contributed by atoms with van der Waals surface area (Å²) in [7, 11) is 0. The summed E-state index contributed by atoms with van der Waals surface area (Å²) >= 11 is 0. The number of rotatable bonds is 3. The maximum absolute atomic E-state index is 12.9. The van der Waals surface area contributed by atoms with E-state index in [9.17, 15) is 45.0 Å². The van der Waals surface area contributed by atoms with Crippen LogP contribution in [0.25, 0.3) is 32.7 Å². The van der Waals surface area contributed by atoms with Crippen LogP contribution in [0, 0.1) is 6.92 Å². The fourth-order valence-corrected chi connectivity index (χ4v) is 3.76. The van der Waals surface area contributed by atoms with E-state index >= 15 is 0 Å². The number of phenolic OH excluding ortho intramolecular Hbond substituents is 3. The summed E-state index contributed by atoms with van der Waals surface area (Å²) in [6.45, 7) is 1.37. The van der Waals surface area contributed by atoms with Crippen molar-refractivity contribution < 1.29 is 49.0 Å². The molecule has 5 rings (SSSR count). The molecule has 0 aliphatic heterocycles. The summed E-state index contributed by atoms with van der Waals surface area (Å²) in [6.07, 6.45) is 0. The zero-order chi connectivity index (χ0) is 24.6. The van der Waals surface area contributed by atoms with Crippen molar-refractivity contribution in [3.05, 3.63) is 49.8 Å². The van der Waals surface area contributed by atoms with Gasteiger partial charge in [0.25, 0.3) is 22.8 Å². The highest BCUT2D eigenvalue weighted by atomic mass is 16.5. The van der Waals surface area contributed by atoms with Crippen LogP contribution < -0.4 is 15.6 Å². The summed E-state index contributed by atoms with van der Waals surface area (Å²) in [5.74, 6) is -6.70. The molecule has 6 N–H and O–H groups in total. The van der Waals surface area contributed by atoms with Crippen molar-refractivity contribution >= 4 is 38.7 Å². The van der Waals surface area contributed by atoms with Gasteiger partial charge in [-0.3, -0.25) is 9.59 Å². The lowest BCUT2D eigenvalue weighted by Crippen LogP contribution is -2.08. The molecule has 0 amide bonds. The van der Waals surface area contributed by atoms with Gasteiger partial charge in [-0.1, -0.05) is 0 Å². The quantitative estimate of drug-likeness (QED) is 0.211. The number of carbonyl (C=O) groups is 1. The van der Waals surface area contributed by atoms with Crippen molar-refractivity contribution in [1.29, 1.82) is 0 Å². The Hall–Kier alpha value is -5.13. The fraction of sp³-hybridized carbons (Fsp3) is 0.0455. The Kier molecular flexibility index (Phi) is 4.08. The second kappa shape index (κ2) is 6.68. The molecule has 0 aliphatic rings. The average molecular weight is 468 g/mol. The van der Waals surface area contributed by atoms with Crippen LogP contribution in [0.2, 0.25) is 0 Å². The number of aromatic hydroxyl groups is 5. The summed E-state index contributed by atoms with van der Waals surface area (Å²) < 4.78 is 15.9. The van der Waals surface area contributed by atoms with E-state index in [1.165, 1.54) is 6.92 Å². The molecule has 12 nitrogen and oxygen atoms in total. The minimum Gasteiger partial charge on any atom is -0.508 e. The Morgan fingerprint density at radius 3 is 2.15 bits per heavy atom. The maximum atomic E-state index is 12.9. The molecule has 0 saturated carbocycles. The molecule has 0 saturated heterocycles. The zero-order valence-electron chi connectivity index (χ0n) is 16.9. The van der Waals surface area contributed by atoms with Crippen molar-refractivity contribution in [2.45, 2.75) is 6.92 Å². The first-order chi connectivity index (χ1) is 16.0. The first kappa shape index (κ1) is 20.8. The first-order valence-corrected chi connectivity index (χ1v) is 9.41. The first-order valence-electron chi connectivity index (χ1n) is 9.41. The van der Waals surface area contributed by atoms with E-state index < -0.39 is 68.3 Å². The highest BCUT2D eigenvalue weighted by Crippen LogP contribution is 2.49. The molecule has 172 valence electrons. The number of hydrogen-bond acceptors (Lipinski definition) is 11. The molecule has 34 heavy (non-hydrogen) atoms. The van der Waals surface area contributed by atoms with Crippen LogP contribution in [-0.2, 0) is 0 Å². The third-order valence-corrected chi connectivity index (χ3v) is 5.44. The Morgan fingerprint density at radius 2 is 1.47 bits per heavy atom. The molecular formula is C22H12O12. The van der Waals surface area contributed by atoms with E-state index in [1.54, 1.807) is 0 Å². The van der Waals surface area contributed by atoms with Gasteiger partial charge in [0.1, 0.15) is 16.9 Å².